The highest BCUT2D eigenvalue weighted by Gasteiger charge is 2.28. The molecule has 28 heavy (non-hydrogen) atoms. The first kappa shape index (κ1) is 17.3. The molecule has 9 nitrogen and oxygen atoms in total. The van der Waals surface area contributed by atoms with Gasteiger partial charge in [0.05, 0.1) is 30.3 Å². The summed E-state index contributed by atoms with van der Waals surface area (Å²) >= 11 is 0. The number of ether oxygens (including phenoxy) is 1. The number of H-pyrrole nitrogens is 1. The summed E-state index contributed by atoms with van der Waals surface area (Å²) in [5.41, 5.74) is 1.73. The van der Waals surface area contributed by atoms with Crippen molar-refractivity contribution >= 4 is 16.9 Å². The smallest absolute Gasteiger partial charge is 0.272 e. The van der Waals surface area contributed by atoms with Crippen molar-refractivity contribution in [3.63, 3.8) is 0 Å². The fraction of sp³-hybridized carbons (Fsp3) is 0.474. The molecular formula is C19H23N7O2. The molecule has 1 aliphatic carbocycles. The number of fused-ring (bicyclic) bond motifs is 1. The van der Waals surface area contributed by atoms with Gasteiger partial charge in [-0.15, -0.1) is 0 Å². The molecule has 1 saturated heterocycles. The second-order valence-electron chi connectivity index (χ2n) is 7.50. The molecule has 0 spiro atoms. The van der Waals surface area contributed by atoms with Crippen molar-refractivity contribution in [2.45, 2.75) is 43.8 Å². The SMILES string of the molecule is O=C(N[C@H]1CC[C@H](NC2COC2)CC1)c1nc(-n2ccnc2)nc2cc[nH]c12. The van der Waals surface area contributed by atoms with Crippen LogP contribution in [0.15, 0.2) is 31.0 Å². The van der Waals surface area contributed by atoms with E-state index in [9.17, 15) is 4.79 Å². The van der Waals surface area contributed by atoms with E-state index >= 15 is 0 Å². The van der Waals surface area contributed by atoms with E-state index in [0.717, 1.165) is 38.9 Å². The van der Waals surface area contributed by atoms with Crippen LogP contribution in [0.25, 0.3) is 17.0 Å². The number of carbonyl (C=O) groups is 1. The average molecular weight is 381 g/mol. The fourth-order valence-electron chi connectivity index (χ4n) is 3.91. The van der Waals surface area contributed by atoms with Gasteiger partial charge in [-0.05, 0) is 31.7 Å². The van der Waals surface area contributed by atoms with Gasteiger partial charge in [-0.3, -0.25) is 9.36 Å². The standard InChI is InChI=1S/C19H23N7O2/c27-18(23-13-3-1-12(2-4-13)22-14-9-28-10-14)17-16-15(5-6-21-16)24-19(25-17)26-8-7-20-11-26/h5-8,11-14,21-22H,1-4,9-10H2,(H,23,27)/t12-,13-. The molecule has 0 aromatic carbocycles. The highest BCUT2D eigenvalue weighted by molar-refractivity contribution is 6.03. The molecule has 146 valence electrons. The number of hydrogen-bond acceptors (Lipinski definition) is 6. The van der Waals surface area contributed by atoms with Crippen LogP contribution in [0.1, 0.15) is 36.2 Å². The van der Waals surface area contributed by atoms with Crippen LogP contribution in [0, 0.1) is 0 Å². The Kier molecular flexibility index (Phi) is 4.53. The Morgan fingerprint density at radius 1 is 1.14 bits per heavy atom. The molecule has 0 radical (unpaired) electrons. The zero-order valence-corrected chi connectivity index (χ0v) is 15.5. The number of nitrogens with one attached hydrogen (secondary N) is 3. The molecule has 2 fully saturated rings. The van der Waals surface area contributed by atoms with Gasteiger partial charge in [0.1, 0.15) is 6.33 Å². The van der Waals surface area contributed by atoms with Crippen molar-refractivity contribution in [2.24, 2.45) is 0 Å². The van der Waals surface area contributed by atoms with Crippen molar-refractivity contribution in [2.75, 3.05) is 13.2 Å². The zero-order chi connectivity index (χ0) is 18.9. The highest BCUT2D eigenvalue weighted by Crippen LogP contribution is 2.21. The normalized spacial score (nSPS) is 22.9. The molecule has 9 heteroatoms. The predicted octanol–water partition coefficient (Wildman–Crippen LogP) is 1.17. The maximum Gasteiger partial charge on any atom is 0.272 e. The highest BCUT2D eigenvalue weighted by atomic mass is 16.5. The monoisotopic (exact) mass is 381 g/mol. The first-order chi connectivity index (χ1) is 13.8. The van der Waals surface area contributed by atoms with Crippen LogP contribution in [0.2, 0.25) is 0 Å². The second-order valence-corrected chi connectivity index (χ2v) is 7.50. The van der Waals surface area contributed by atoms with E-state index < -0.39 is 0 Å². The molecule has 5 rings (SSSR count). The minimum atomic E-state index is -0.167. The number of nitrogens with zero attached hydrogens (tertiary/aromatic N) is 4. The van der Waals surface area contributed by atoms with Gasteiger partial charge in [0.2, 0.25) is 5.95 Å². The lowest BCUT2D eigenvalue weighted by atomic mass is 9.90. The van der Waals surface area contributed by atoms with Crippen LogP contribution in [0.3, 0.4) is 0 Å². The number of aromatic amines is 1. The number of rotatable bonds is 5. The molecule has 3 N–H and O–H groups in total. The Morgan fingerprint density at radius 2 is 1.96 bits per heavy atom. The number of amides is 1. The van der Waals surface area contributed by atoms with Crippen LogP contribution in [0.5, 0.6) is 0 Å². The summed E-state index contributed by atoms with van der Waals surface area (Å²) < 4.78 is 6.92. The first-order valence-electron chi connectivity index (χ1n) is 9.74. The zero-order valence-electron chi connectivity index (χ0n) is 15.5. The molecule has 0 bridgehead atoms. The van der Waals surface area contributed by atoms with Crippen LogP contribution in [-0.4, -0.2) is 61.7 Å². The molecule has 3 aromatic heterocycles. The third-order valence-electron chi connectivity index (χ3n) is 5.52. The Labute approximate surface area is 161 Å². The summed E-state index contributed by atoms with van der Waals surface area (Å²) in [4.78, 5) is 29.1. The largest absolute Gasteiger partial charge is 0.378 e. The molecule has 1 aliphatic heterocycles. The van der Waals surface area contributed by atoms with E-state index in [1.54, 1.807) is 29.5 Å². The fourth-order valence-corrected chi connectivity index (χ4v) is 3.91. The van der Waals surface area contributed by atoms with Gasteiger partial charge < -0.3 is 20.4 Å². The van der Waals surface area contributed by atoms with Gasteiger partial charge in [-0.2, -0.15) is 0 Å². The molecule has 0 unspecified atom stereocenters. The van der Waals surface area contributed by atoms with Gasteiger partial charge in [0.15, 0.2) is 5.69 Å². The van der Waals surface area contributed by atoms with Crippen molar-refractivity contribution in [1.82, 2.24) is 35.1 Å². The van der Waals surface area contributed by atoms with E-state index in [-0.39, 0.29) is 11.9 Å². The summed E-state index contributed by atoms with van der Waals surface area (Å²) in [6, 6.07) is 3.03. The number of aromatic nitrogens is 5. The first-order valence-corrected chi connectivity index (χ1v) is 9.74. The maximum absolute atomic E-state index is 13.0. The number of imidazole rings is 1. The van der Waals surface area contributed by atoms with Gasteiger partial charge in [0.25, 0.3) is 5.91 Å². The molecule has 3 aromatic rings. The van der Waals surface area contributed by atoms with Crippen molar-refractivity contribution < 1.29 is 9.53 Å². The average Bonchev–Trinajstić information content (AvgIpc) is 3.36. The Hall–Kier alpha value is -2.78. The molecule has 2 aliphatic rings. The lowest BCUT2D eigenvalue weighted by Gasteiger charge is -2.35. The van der Waals surface area contributed by atoms with Gasteiger partial charge in [-0.1, -0.05) is 0 Å². The quantitative estimate of drug-likeness (QED) is 0.612. The van der Waals surface area contributed by atoms with E-state index in [4.69, 9.17) is 4.74 Å². The lowest BCUT2D eigenvalue weighted by Crippen LogP contribution is -2.52. The summed E-state index contributed by atoms with van der Waals surface area (Å²) in [7, 11) is 0. The van der Waals surface area contributed by atoms with Crippen molar-refractivity contribution in [3.8, 4) is 5.95 Å². The summed E-state index contributed by atoms with van der Waals surface area (Å²) in [5.74, 6) is 0.269. The lowest BCUT2D eigenvalue weighted by molar-refractivity contribution is -0.0122. The molecule has 1 saturated carbocycles. The van der Waals surface area contributed by atoms with Crippen LogP contribution < -0.4 is 10.6 Å². The van der Waals surface area contributed by atoms with E-state index in [2.05, 4.69) is 30.6 Å². The maximum atomic E-state index is 13.0. The van der Waals surface area contributed by atoms with Crippen molar-refractivity contribution in [3.05, 3.63) is 36.7 Å². The topological polar surface area (TPSA) is 110 Å². The molecule has 4 heterocycles. The van der Waals surface area contributed by atoms with Gasteiger partial charge >= 0.3 is 0 Å². The van der Waals surface area contributed by atoms with E-state index in [1.807, 2.05) is 6.07 Å². The number of carbonyl (C=O) groups excluding carboxylic acids is 1. The Balaban J connectivity index is 1.29. The molecule has 1 amide bonds. The molecular weight excluding hydrogens is 358 g/mol. The summed E-state index contributed by atoms with van der Waals surface area (Å²) in [6.45, 7) is 1.63. The van der Waals surface area contributed by atoms with Gasteiger partial charge in [-0.25, -0.2) is 15.0 Å². The van der Waals surface area contributed by atoms with Crippen molar-refractivity contribution in [1.29, 1.82) is 0 Å². The summed E-state index contributed by atoms with van der Waals surface area (Å²) in [5, 5.41) is 6.80. The third kappa shape index (κ3) is 3.38. The Morgan fingerprint density at radius 3 is 2.68 bits per heavy atom. The minimum Gasteiger partial charge on any atom is -0.378 e. The second kappa shape index (κ2) is 7.33. The third-order valence-corrected chi connectivity index (χ3v) is 5.52. The predicted molar refractivity (Wildman–Crippen MR) is 102 cm³/mol. The van der Waals surface area contributed by atoms with E-state index in [1.165, 1.54) is 0 Å². The Bertz CT molecular complexity index is 956. The number of hydrogen-bond donors (Lipinski definition) is 3. The van der Waals surface area contributed by atoms with Crippen LogP contribution in [0.4, 0.5) is 0 Å². The van der Waals surface area contributed by atoms with Gasteiger partial charge in [0, 0.05) is 30.7 Å². The minimum absolute atomic E-state index is 0.167. The van der Waals surface area contributed by atoms with Crippen LogP contribution >= 0.6 is 0 Å². The van der Waals surface area contributed by atoms with E-state index in [0.29, 0.717) is 34.8 Å². The summed E-state index contributed by atoms with van der Waals surface area (Å²) in [6.07, 6.45) is 10.9. The molecule has 0 atom stereocenters. The van der Waals surface area contributed by atoms with Crippen LogP contribution in [-0.2, 0) is 4.74 Å².